The van der Waals surface area contributed by atoms with E-state index in [1.54, 1.807) is 30.5 Å². The van der Waals surface area contributed by atoms with Crippen LogP contribution in [0.2, 0.25) is 0 Å². The Morgan fingerprint density at radius 2 is 1.58 bits per heavy atom. The highest BCUT2D eigenvalue weighted by Gasteiger charge is 2.29. The van der Waals surface area contributed by atoms with Gasteiger partial charge in [-0.15, -0.1) is 0 Å². The molecule has 1 amide bonds. The van der Waals surface area contributed by atoms with E-state index in [4.69, 9.17) is 15.2 Å². The monoisotopic (exact) mass is 619 g/mol. The van der Waals surface area contributed by atoms with E-state index >= 15 is 0 Å². The van der Waals surface area contributed by atoms with Gasteiger partial charge in [-0.05, 0) is 53.6 Å². The van der Waals surface area contributed by atoms with Gasteiger partial charge in [-0.1, -0.05) is 18.2 Å². The summed E-state index contributed by atoms with van der Waals surface area (Å²) in [5, 5.41) is 2.50. The maximum Gasteiger partial charge on any atom is 0.406 e. The first-order chi connectivity index (χ1) is 21.5. The molecule has 45 heavy (non-hydrogen) atoms. The molecule has 0 atom stereocenters. The van der Waals surface area contributed by atoms with Crippen LogP contribution < -0.4 is 26.0 Å². The van der Waals surface area contributed by atoms with Crippen LogP contribution >= 0.6 is 0 Å². The first-order valence-corrected chi connectivity index (χ1v) is 13.3. The largest absolute Gasteiger partial charge is 0.493 e. The van der Waals surface area contributed by atoms with Gasteiger partial charge >= 0.3 is 6.18 Å². The number of methoxy groups -OCH3 is 2. The summed E-state index contributed by atoms with van der Waals surface area (Å²) in [7, 11) is 3.06. The van der Waals surface area contributed by atoms with Crippen LogP contribution in [0.3, 0.4) is 0 Å². The molecule has 3 heterocycles. The molecule has 0 saturated heterocycles. The second-order valence-corrected chi connectivity index (χ2v) is 9.82. The molecule has 3 aromatic heterocycles. The van der Waals surface area contributed by atoms with Gasteiger partial charge in [-0.3, -0.25) is 14.6 Å². The highest BCUT2D eigenvalue weighted by atomic mass is 19.4. The fourth-order valence-electron chi connectivity index (χ4n) is 4.61. The summed E-state index contributed by atoms with van der Waals surface area (Å²) in [6, 6.07) is 14.8. The Balaban J connectivity index is 1.43. The van der Waals surface area contributed by atoms with Crippen molar-refractivity contribution in [1.29, 1.82) is 0 Å². The molecule has 0 radical (unpaired) electrons. The van der Waals surface area contributed by atoms with Gasteiger partial charge in [0.15, 0.2) is 11.5 Å². The molecule has 0 saturated carbocycles. The molecule has 9 nitrogen and oxygen atoms in total. The molecule has 5 aromatic rings. The third kappa shape index (κ3) is 6.93. The van der Waals surface area contributed by atoms with Crippen molar-refractivity contribution in [2.75, 3.05) is 25.3 Å². The van der Waals surface area contributed by atoms with Crippen molar-refractivity contribution in [2.24, 2.45) is 0 Å². The molecule has 0 aliphatic rings. The van der Waals surface area contributed by atoms with Crippen LogP contribution in [0.1, 0.15) is 10.4 Å². The van der Waals surface area contributed by atoms with Crippen molar-refractivity contribution in [3.8, 4) is 45.0 Å². The fourth-order valence-corrected chi connectivity index (χ4v) is 4.61. The van der Waals surface area contributed by atoms with E-state index in [1.807, 2.05) is 6.07 Å². The maximum atomic E-state index is 13.4. The molecule has 0 spiro atoms. The standard InChI is InChI=1S/C32H25F4N5O4/c1-44-27-10-5-19(12-28(27)45-2)20-11-23(30(37)39-13-20)26-9-8-22(14-38-26)40-31(43)25-16-41(17-32(34,35)36)15-24(29(25)42)18-3-6-21(33)7-4-18/h3-16H,17H2,1-2H3,(H2,37,39)(H,40,43). The van der Waals surface area contributed by atoms with Crippen LogP contribution in [-0.4, -0.2) is 40.8 Å². The average Bonchev–Trinajstić information content (AvgIpc) is 3.02. The van der Waals surface area contributed by atoms with E-state index in [9.17, 15) is 27.2 Å². The van der Waals surface area contributed by atoms with Gasteiger partial charge in [0.1, 0.15) is 23.7 Å². The number of ether oxygens (including phenoxy) is 2. The molecule has 0 unspecified atom stereocenters. The summed E-state index contributed by atoms with van der Waals surface area (Å²) in [6.45, 7) is -1.45. The summed E-state index contributed by atoms with van der Waals surface area (Å²) >= 11 is 0. The number of amides is 1. The number of hydrogen-bond acceptors (Lipinski definition) is 7. The Bertz CT molecular complexity index is 1930. The van der Waals surface area contributed by atoms with Crippen LogP contribution in [0.25, 0.3) is 33.5 Å². The van der Waals surface area contributed by atoms with Crippen molar-refractivity contribution in [2.45, 2.75) is 12.7 Å². The van der Waals surface area contributed by atoms with Crippen molar-refractivity contribution in [3.05, 3.63) is 107 Å². The van der Waals surface area contributed by atoms with Crippen molar-refractivity contribution >= 4 is 17.4 Å². The van der Waals surface area contributed by atoms with Crippen molar-refractivity contribution in [1.82, 2.24) is 14.5 Å². The van der Waals surface area contributed by atoms with Crippen LogP contribution in [0, 0.1) is 5.82 Å². The number of benzene rings is 2. The number of carbonyl (C=O) groups excluding carboxylic acids is 1. The zero-order valence-corrected chi connectivity index (χ0v) is 23.9. The first-order valence-electron chi connectivity index (χ1n) is 13.3. The van der Waals surface area contributed by atoms with Crippen molar-refractivity contribution in [3.63, 3.8) is 0 Å². The predicted octanol–water partition coefficient (Wildman–Crippen LogP) is 6.19. The number of nitrogens with two attached hydrogens (primary N) is 1. The summed E-state index contributed by atoms with van der Waals surface area (Å²) in [5.41, 5.74) is 7.32. The number of pyridine rings is 3. The summed E-state index contributed by atoms with van der Waals surface area (Å²) < 4.78 is 64.5. The third-order valence-corrected chi connectivity index (χ3v) is 6.77. The lowest BCUT2D eigenvalue weighted by molar-refractivity contribution is -0.140. The predicted molar refractivity (Wildman–Crippen MR) is 161 cm³/mol. The van der Waals surface area contributed by atoms with Crippen molar-refractivity contribution < 1.29 is 31.8 Å². The molecule has 0 aliphatic carbocycles. The molecular formula is C32H25F4N5O4. The lowest BCUT2D eigenvalue weighted by atomic mass is 10.0. The van der Waals surface area contributed by atoms with Crippen LogP contribution in [0.5, 0.6) is 11.5 Å². The smallest absolute Gasteiger partial charge is 0.406 e. The Kier molecular flexibility index (Phi) is 8.52. The SMILES string of the molecule is COc1ccc(-c2cnc(N)c(-c3ccc(NC(=O)c4cn(CC(F)(F)F)cc(-c5ccc(F)cc5)c4=O)cn3)c2)cc1OC. The Morgan fingerprint density at radius 3 is 2.22 bits per heavy atom. The number of alkyl halides is 3. The number of nitrogen functional groups attached to an aromatic ring is 1. The molecule has 0 fully saturated rings. The van der Waals surface area contributed by atoms with Gasteiger partial charge in [0.05, 0.1) is 31.8 Å². The van der Waals surface area contributed by atoms with E-state index < -0.39 is 35.4 Å². The number of halogens is 4. The summed E-state index contributed by atoms with van der Waals surface area (Å²) in [5.74, 6) is -0.257. The molecule has 5 rings (SSSR count). The van der Waals surface area contributed by atoms with Gasteiger partial charge in [0.25, 0.3) is 5.91 Å². The number of rotatable bonds is 8. The lowest BCUT2D eigenvalue weighted by Gasteiger charge is -2.14. The van der Waals surface area contributed by atoms with Gasteiger partial charge in [0.2, 0.25) is 5.43 Å². The minimum Gasteiger partial charge on any atom is -0.493 e. The number of aromatic nitrogens is 3. The molecule has 2 aromatic carbocycles. The first kappa shape index (κ1) is 30.7. The van der Waals surface area contributed by atoms with E-state index in [0.29, 0.717) is 27.3 Å². The molecule has 3 N–H and O–H groups in total. The van der Waals surface area contributed by atoms with E-state index in [2.05, 4.69) is 15.3 Å². The summed E-state index contributed by atoms with van der Waals surface area (Å²) in [6.07, 6.45) is 0.0843. The van der Waals surface area contributed by atoms with Crippen LogP contribution in [0.15, 0.2) is 90.2 Å². The summed E-state index contributed by atoms with van der Waals surface area (Å²) in [4.78, 5) is 35.0. The topological polar surface area (TPSA) is 121 Å². The maximum absolute atomic E-state index is 13.4. The van der Waals surface area contributed by atoms with Gasteiger partial charge in [-0.2, -0.15) is 13.2 Å². The van der Waals surface area contributed by atoms with E-state index in [0.717, 1.165) is 35.7 Å². The number of nitrogens with zero attached hydrogens (tertiary/aromatic N) is 3. The average molecular weight is 620 g/mol. The van der Waals surface area contributed by atoms with E-state index in [1.165, 1.54) is 38.6 Å². The highest BCUT2D eigenvalue weighted by molar-refractivity contribution is 6.04. The number of nitrogens with one attached hydrogen (secondary N) is 1. The van der Waals surface area contributed by atoms with Gasteiger partial charge in [-0.25, -0.2) is 9.37 Å². The Labute approximate surface area is 253 Å². The van der Waals surface area contributed by atoms with E-state index in [-0.39, 0.29) is 22.6 Å². The molecular weight excluding hydrogens is 594 g/mol. The quantitative estimate of drug-likeness (QED) is 0.199. The Morgan fingerprint density at radius 1 is 0.867 bits per heavy atom. The molecule has 0 bridgehead atoms. The number of hydrogen-bond donors (Lipinski definition) is 2. The minimum absolute atomic E-state index is 0.152. The third-order valence-electron chi connectivity index (χ3n) is 6.77. The number of anilines is 2. The molecule has 230 valence electrons. The second kappa shape index (κ2) is 12.5. The molecule has 0 aliphatic heterocycles. The zero-order chi connectivity index (χ0) is 32.3. The molecule has 13 heteroatoms. The van der Waals surface area contributed by atoms with Gasteiger partial charge < -0.3 is 25.1 Å². The minimum atomic E-state index is -4.63. The Hall–Kier alpha value is -5.72. The van der Waals surface area contributed by atoms with Crippen LogP contribution in [0.4, 0.5) is 29.1 Å². The normalized spacial score (nSPS) is 11.2. The number of carbonyl (C=O) groups is 1. The fraction of sp³-hybridized carbons (Fsp3) is 0.125. The highest BCUT2D eigenvalue weighted by Crippen LogP contribution is 2.34. The second-order valence-electron chi connectivity index (χ2n) is 9.82. The van der Waals surface area contributed by atoms with Gasteiger partial charge in [0, 0.05) is 35.3 Å². The lowest BCUT2D eigenvalue weighted by Crippen LogP contribution is -2.27. The zero-order valence-electron chi connectivity index (χ0n) is 23.9. The van der Waals surface area contributed by atoms with Crippen LogP contribution in [-0.2, 0) is 6.54 Å².